The molecule has 2 aliphatic rings. The summed E-state index contributed by atoms with van der Waals surface area (Å²) in [5, 5.41) is 0. The van der Waals surface area contributed by atoms with Crippen molar-refractivity contribution in [3.63, 3.8) is 0 Å². The minimum Gasteiger partial charge on any atom is -0.378 e. The Hall–Kier alpha value is -1.30. The number of morpholine rings is 1. The number of piperidine rings is 1. The molecule has 2 aliphatic heterocycles. The van der Waals surface area contributed by atoms with Crippen LogP contribution in [0.1, 0.15) is 12.8 Å². The van der Waals surface area contributed by atoms with Crippen molar-refractivity contribution in [2.24, 2.45) is 11.7 Å². The molecular formula is C11H19N3O3. The number of primary amides is 1. The summed E-state index contributed by atoms with van der Waals surface area (Å²) in [6, 6.07) is 0.0132. The molecule has 0 aromatic rings. The fourth-order valence-corrected chi connectivity index (χ4v) is 2.34. The fraction of sp³-hybridized carbons (Fsp3) is 0.818. The van der Waals surface area contributed by atoms with Crippen LogP contribution in [0, 0.1) is 5.92 Å². The van der Waals surface area contributed by atoms with E-state index in [4.69, 9.17) is 10.5 Å². The highest BCUT2D eigenvalue weighted by molar-refractivity contribution is 5.79. The van der Waals surface area contributed by atoms with Crippen LogP contribution in [0.15, 0.2) is 0 Å². The highest BCUT2D eigenvalue weighted by Crippen LogP contribution is 2.17. The van der Waals surface area contributed by atoms with Crippen molar-refractivity contribution in [2.75, 3.05) is 39.4 Å². The number of carbonyl (C=O) groups excluding carboxylic acids is 2. The second-order valence-corrected chi connectivity index (χ2v) is 4.57. The lowest BCUT2D eigenvalue weighted by molar-refractivity contribution is -0.123. The number of ether oxygens (including phenoxy) is 1. The lowest BCUT2D eigenvalue weighted by atomic mass is 9.98. The van der Waals surface area contributed by atoms with Gasteiger partial charge in [0.1, 0.15) is 0 Å². The van der Waals surface area contributed by atoms with Gasteiger partial charge in [-0.15, -0.1) is 0 Å². The quantitative estimate of drug-likeness (QED) is 0.681. The zero-order valence-electron chi connectivity index (χ0n) is 9.93. The zero-order valence-corrected chi connectivity index (χ0v) is 9.93. The molecule has 1 atom stereocenters. The fourth-order valence-electron chi connectivity index (χ4n) is 2.34. The van der Waals surface area contributed by atoms with Gasteiger partial charge >= 0.3 is 6.03 Å². The Bertz CT molecular complexity index is 302. The standard InChI is InChI=1S/C11H19N3O3/c12-10(15)9-2-1-3-14(8-9)11(16)13-4-6-17-7-5-13/h9H,1-8H2,(H2,12,15). The van der Waals surface area contributed by atoms with Crippen LogP contribution in [0.4, 0.5) is 4.79 Å². The third-order valence-electron chi connectivity index (χ3n) is 3.38. The van der Waals surface area contributed by atoms with E-state index in [0.717, 1.165) is 19.4 Å². The lowest BCUT2D eigenvalue weighted by Gasteiger charge is -2.36. The molecule has 96 valence electrons. The van der Waals surface area contributed by atoms with Gasteiger partial charge in [0.2, 0.25) is 5.91 Å². The molecule has 2 saturated heterocycles. The van der Waals surface area contributed by atoms with Crippen LogP contribution < -0.4 is 5.73 Å². The number of hydrogen-bond donors (Lipinski definition) is 1. The van der Waals surface area contributed by atoms with E-state index in [1.165, 1.54) is 0 Å². The van der Waals surface area contributed by atoms with Gasteiger partial charge in [-0.1, -0.05) is 0 Å². The molecule has 17 heavy (non-hydrogen) atoms. The normalized spacial score (nSPS) is 25.8. The van der Waals surface area contributed by atoms with Crippen molar-refractivity contribution in [2.45, 2.75) is 12.8 Å². The van der Waals surface area contributed by atoms with E-state index in [2.05, 4.69) is 0 Å². The molecule has 3 amide bonds. The summed E-state index contributed by atoms with van der Waals surface area (Å²) in [6.07, 6.45) is 1.64. The lowest BCUT2D eigenvalue weighted by Crippen LogP contribution is -2.52. The van der Waals surface area contributed by atoms with E-state index in [9.17, 15) is 9.59 Å². The van der Waals surface area contributed by atoms with Gasteiger partial charge in [0.15, 0.2) is 0 Å². The Labute approximate surface area is 101 Å². The molecule has 0 aliphatic carbocycles. The van der Waals surface area contributed by atoms with Crippen molar-refractivity contribution >= 4 is 11.9 Å². The van der Waals surface area contributed by atoms with Gasteiger partial charge < -0.3 is 20.3 Å². The van der Waals surface area contributed by atoms with Gasteiger partial charge in [-0.05, 0) is 12.8 Å². The van der Waals surface area contributed by atoms with Crippen molar-refractivity contribution in [3.05, 3.63) is 0 Å². The molecule has 0 aromatic heterocycles. The Kier molecular flexibility index (Phi) is 3.83. The van der Waals surface area contributed by atoms with Crippen LogP contribution in [0.5, 0.6) is 0 Å². The first-order valence-electron chi connectivity index (χ1n) is 6.09. The highest BCUT2D eigenvalue weighted by atomic mass is 16.5. The number of rotatable bonds is 1. The number of likely N-dealkylation sites (tertiary alicyclic amines) is 1. The predicted molar refractivity (Wildman–Crippen MR) is 61.3 cm³/mol. The maximum atomic E-state index is 12.2. The van der Waals surface area contributed by atoms with Crippen LogP contribution in [-0.4, -0.2) is 61.1 Å². The Balaban J connectivity index is 1.91. The molecule has 0 saturated carbocycles. The van der Waals surface area contributed by atoms with Gasteiger partial charge in [-0.3, -0.25) is 4.79 Å². The van der Waals surface area contributed by atoms with Gasteiger partial charge in [0.25, 0.3) is 0 Å². The topological polar surface area (TPSA) is 75.9 Å². The second-order valence-electron chi connectivity index (χ2n) is 4.57. The van der Waals surface area contributed by atoms with Crippen LogP contribution in [0.25, 0.3) is 0 Å². The summed E-state index contributed by atoms with van der Waals surface area (Å²) in [4.78, 5) is 26.8. The number of nitrogens with zero attached hydrogens (tertiary/aromatic N) is 2. The van der Waals surface area contributed by atoms with E-state index < -0.39 is 0 Å². The minimum absolute atomic E-state index is 0.0132. The largest absolute Gasteiger partial charge is 0.378 e. The summed E-state index contributed by atoms with van der Waals surface area (Å²) >= 11 is 0. The maximum absolute atomic E-state index is 12.2. The number of hydrogen-bond acceptors (Lipinski definition) is 3. The van der Waals surface area contributed by atoms with Crippen LogP contribution in [0.3, 0.4) is 0 Å². The van der Waals surface area contributed by atoms with Crippen LogP contribution >= 0.6 is 0 Å². The summed E-state index contributed by atoms with van der Waals surface area (Å²) in [5.74, 6) is -0.488. The Morgan fingerprint density at radius 1 is 1.12 bits per heavy atom. The van der Waals surface area contributed by atoms with E-state index in [1.54, 1.807) is 9.80 Å². The monoisotopic (exact) mass is 241 g/mol. The van der Waals surface area contributed by atoms with Crippen molar-refractivity contribution in [3.8, 4) is 0 Å². The third-order valence-corrected chi connectivity index (χ3v) is 3.38. The first kappa shape index (κ1) is 12.2. The van der Waals surface area contributed by atoms with E-state index in [1.807, 2.05) is 0 Å². The number of urea groups is 1. The maximum Gasteiger partial charge on any atom is 0.320 e. The van der Waals surface area contributed by atoms with Gasteiger partial charge in [-0.2, -0.15) is 0 Å². The number of amides is 3. The smallest absolute Gasteiger partial charge is 0.320 e. The van der Waals surface area contributed by atoms with Crippen LogP contribution in [-0.2, 0) is 9.53 Å². The average molecular weight is 241 g/mol. The molecule has 6 heteroatoms. The summed E-state index contributed by atoms with van der Waals surface area (Å²) in [7, 11) is 0. The number of nitrogens with two attached hydrogens (primary N) is 1. The van der Waals surface area contributed by atoms with Crippen LogP contribution in [0.2, 0.25) is 0 Å². The molecular weight excluding hydrogens is 222 g/mol. The SMILES string of the molecule is NC(=O)C1CCCN(C(=O)N2CCOCC2)C1. The van der Waals surface area contributed by atoms with Gasteiger partial charge in [0.05, 0.1) is 19.1 Å². The summed E-state index contributed by atoms with van der Waals surface area (Å²) < 4.78 is 5.21. The molecule has 6 nitrogen and oxygen atoms in total. The molecule has 1 unspecified atom stereocenters. The minimum atomic E-state index is -0.301. The summed E-state index contributed by atoms with van der Waals surface area (Å²) in [6.45, 7) is 3.65. The Morgan fingerprint density at radius 3 is 2.47 bits per heavy atom. The van der Waals surface area contributed by atoms with E-state index in [-0.39, 0.29) is 17.9 Å². The molecule has 2 heterocycles. The molecule has 0 aromatic carbocycles. The predicted octanol–water partition coefficient (Wildman–Crippen LogP) is -0.364. The summed E-state index contributed by atoms with van der Waals surface area (Å²) in [5.41, 5.74) is 5.30. The third kappa shape index (κ3) is 2.88. The molecule has 0 spiro atoms. The average Bonchev–Trinajstić information content (AvgIpc) is 2.39. The molecule has 2 rings (SSSR count). The van der Waals surface area contributed by atoms with Gasteiger partial charge in [-0.25, -0.2) is 4.79 Å². The van der Waals surface area contributed by atoms with E-state index in [0.29, 0.717) is 32.8 Å². The first-order valence-corrected chi connectivity index (χ1v) is 6.09. The van der Waals surface area contributed by atoms with Crippen molar-refractivity contribution < 1.29 is 14.3 Å². The number of carbonyl (C=O) groups is 2. The second kappa shape index (κ2) is 5.35. The first-order chi connectivity index (χ1) is 8.18. The van der Waals surface area contributed by atoms with Crippen molar-refractivity contribution in [1.82, 2.24) is 9.80 Å². The van der Waals surface area contributed by atoms with Gasteiger partial charge in [0, 0.05) is 26.2 Å². The molecule has 2 N–H and O–H groups in total. The molecule has 0 radical (unpaired) electrons. The zero-order chi connectivity index (χ0) is 12.3. The van der Waals surface area contributed by atoms with E-state index >= 15 is 0 Å². The molecule has 2 fully saturated rings. The highest BCUT2D eigenvalue weighted by Gasteiger charge is 2.30. The van der Waals surface area contributed by atoms with Crippen molar-refractivity contribution in [1.29, 1.82) is 0 Å². The Morgan fingerprint density at radius 2 is 1.82 bits per heavy atom. The molecule has 0 bridgehead atoms.